The minimum Gasteiger partial charge on any atom is -0.497 e. The average molecular weight is 1590 g/mol. The first kappa shape index (κ1) is 80.6. The van der Waals surface area contributed by atoms with Crippen LogP contribution in [-0.2, 0) is 82.2 Å². The second-order valence-corrected chi connectivity index (χ2v) is 40.0. The fraction of sp³-hybridized carbons (Fsp3) is 0.643. The van der Waals surface area contributed by atoms with E-state index in [1.807, 2.05) is 63.3 Å². The second-order valence-electron chi connectivity index (χ2n) is 35.8. The van der Waals surface area contributed by atoms with Gasteiger partial charge >= 0.3 is 12.1 Å². The van der Waals surface area contributed by atoms with Gasteiger partial charge in [0, 0.05) is 77.7 Å². The number of methoxy groups -OCH3 is 1. The van der Waals surface area contributed by atoms with Crippen molar-refractivity contribution >= 4 is 88.9 Å². The van der Waals surface area contributed by atoms with Gasteiger partial charge in [0.15, 0.2) is 5.78 Å². The lowest BCUT2D eigenvalue weighted by Gasteiger charge is -2.37. The Morgan fingerprint density at radius 1 is 0.705 bits per heavy atom. The molecule has 11 aliphatic rings. The van der Waals surface area contributed by atoms with Crippen LogP contribution in [0.1, 0.15) is 242 Å². The molecule has 0 radical (unpaired) electrons. The number of carbonyl (C=O) groups is 8. The number of Topliss-reactive ketones (excluding diaryl/α,β-unsaturated/α-hetero) is 2. The Hall–Kier alpha value is -8.01. The molecule has 23 nitrogen and oxygen atoms in total. The van der Waals surface area contributed by atoms with E-state index in [1.165, 1.54) is 11.0 Å². The number of aryl methyl sites for hydroxylation is 3. The number of sulfonamides is 2. The maximum atomic E-state index is 14.8. The zero-order valence-electron chi connectivity index (χ0n) is 65.5. The third-order valence-corrected chi connectivity index (χ3v) is 29.2. The first-order chi connectivity index (χ1) is 52.9. The van der Waals surface area contributed by atoms with Crippen molar-refractivity contribution in [3.8, 4) is 17.2 Å². The third-order valence-electron chi connectivity index (χ3n) is 25.3. The van der Waals surface area contributed by atoms with Crippen LogP contribution in [0.2, 0.25) is 0 Å². The number of nitrogens with zero attached hydrogens (tertiary/aromatic N) is 4. The summed E-state index contributed by atoms with van der Waals surface area (Å²) in [5.74, 6) is -3.76. The SMILES string of the molecule is COc1ccc2nc(C3CC3)c3c(c2c1)CC[C@]1(C[C@H]2C(=O)N[C@]4(C(=O)NS(=O)(=O)C5(C)CC5)C[C@H]4/C=C\CCCCC[C@H](CC(=O)OC(C)C)C(=O)N2C1)O3.Cc1nc2c(C(F)(F)F)cccc2c2c1O[C@]1(CC2)C[C@H]2C(=O)C[C@]3(C(=O)NS(=O)(=O)C4CC4)C[C@H]3/C=C\CCCCC[C@H](CC(=O)CC(C)(C)C)C(=O)N2C1. The first-order valence-electron chi connectivity index (χ1n) is 40.4. The Balaban J connectivity index is 0.000000186. The van der Waals surface area contributed by atoms with Crippen molar-refractivity contribution in [2.45, 2.75) is 285 Å². The van der Waals surface area contributed by atoms with E-state index in [1.54, 1.807) is 45.8 Å². The van der Waals surface area contributed by atoms with Crippen molar-refractivity contribution < 1.29 is 87.3 Å². The molecule has 2 saturated heterocycles. The molecular weight excluding hydrogens is 1480 g/mol. The summed E-state index contributed by atoms with van der Waals surface area (Å²) in [4.78, 5) is 126. The molecule has 15 rings (SSSR count). The Morgan fingerprint density at radius 2 is 1.32 bits per heavy atom. The number of amides is 5. The quantitative estimate of drug-likeness (QED) is 0.0780. The number of para-hydroxylation sites is 1. The number of ketones is 2. The topological polar surface area (TPSA) is 310 Å². The summed E-state index contributed by atoms with van der Waals surface area (Å²) in [6.45, 7) is 12.7. The normalized spacial score (nSPS) is 30.0. The molecule has 5 saturated carbocycles. The standard InChI is InChI=1S/C42H52F3N3O7S.C42H54N4O9S/c1-25-36-31(30-13-10-14-32(35(30)46-25)42(43,44)45)17-18-40(55-36)22-33-34(50)23-41(38(52)47-56(53,54)29-15-16-29)20-27(41)12-9-7-5-6-8-11-26(37(51)48(33)24-40)19-28(49)21-39(2,3)4;1-25(2)54-34(47)20-27-10-8-6-5-7-9-11-28-22-42(28,39(50)45-56(51,52)40(3)18-19-40)44-37(48)33-23-41(24-46(33)38(27)49)17-16-30-31-21-29(53-4)14-15-32(31)43-35(26-12-13-26)36(30)55-41/h9-10,12-14,26-27,29,33H,5-8,11,15-24H2,1-4H3,(H,47,52);9,11,14-15,21,25-28,33H,5-8,10,12-13,16-20,22-24H2,1-4H3,(H,44,48)(H,45,50)/b12-9-;11-9-/t26-,27-,33+,40-,41-;27-,28-,33+,41-,42-/m11/s1. The number of fused-ring (bicyclic) bond motifs is 10. The van der Waals surface area contributed by atoms with Crippen LogP contribution in [0, 0.1) is 41.4 Å². The van der Waals surface area contributed by atoms with E-state index in [0.29, 0.717) is 112 Å². The van der Waals surface area contributed by atoms with Crippen molar-refractivity contribution in [3.05, 3.63) is 88.8 Å². The Labute approximate surface area is 653 Å². The number of pyridine rings is 2. The zero-order valence-corrected chi connectivity index (χ0v) is 67.1. The number of ether oxygens (including phenoxy) is 4. The number of carbonyl (C=O) groups excluding carboxylic acids is 8. The first-order valence-corrected chi connectivity index (χ1v) is 43.4. The van der Waals surface area contributed by atoms with E-state index < -0.39 is 123 Å². The highest BCUT2D eigenvalue weighted by Crippen LogP contribution is 2.59. The van der Waals surface area contributed by atoms with Gasteiger partial charge in [-0.15, -0.1) is 0 Å². The largest absolute Gasteiger partial charge is 0.497 e. The van der Waals surface area contributed by atoms with E-state index in [4.69, 9.17) is 23.9 Å². The van der Waals surface area contributed by atoms with Crippen molar-refractivity contribution in [1.29, 1.82) is 0 Å². The molecule has 2 spiro atoms. The molecule has 0 bridgehead atoms. The van der Waals surface area contributed by atoms with Gasteiger partial charge in [0.2, 0.25) is 43.7 Å². The fourth-order valence-electron chi connectivity index (χ4n) is 18.2. The zero-order chi connectivity index (χ0) is 80.0. The molecular formula is C84H106F3N7O16S2. The summed E-state index contributed by atoms with van der Waals surface area (Å²) in [5.41, 5.74) is -2.48. The molecule has 8 heterocycles. The number of rotatable bonds is 14. The molecule has 5 aliphatic carbocycles. The number of halogens is 3. The highest BCUT2D eigenvalue weighted by molar-refractivity contribution is 7.91. The van der Waals surface area contributed by atoms with E-state index in [9.17, 15) is 68.4 Å². The number of nitrogens with one attached hydrogen (secondary N) is 3. The fourth-order valence-corrected chi connectivity index (χ4v) is 20.9. The summed E-state index contributed by atoms with van der Waals surface area (Å²) in [6, 6.07) is 7.72. The molecule has 3 N–H and O–H groups in total. The van der Waals surface area contributed by atoms with Gasteiger partial charge in [0.05, 0.1) is 82.2 Å². The van der Waals surface area contributed by atoms with Gasteiger partial charge in [-0.2, -0.15) is 13.2 Å². The monoisotopic (exact) mass is 1590 g/mol. The van der Waals surface area contributed by atoms with Gasteiger partial charge in [-0.1, -0.05) is 82.9 Å². The minimum atomic E-state index is -4.61. The van der Waals surface area contributed by atoms with Crippen LogP contribution < -0.4 is 29.0 Å². The molecule has 606 valence electrons. The number of aromatic nitrogens is 2. The summed E-state index contributed by atoms with van der Waals surface area (Å²) >= 11 is 0. The highest BCUT2D eigenvalue weighted by atomic mass is 32.2. The van der Waals surface area contributed by atoms with Crippen LogP contribution >= 0.6 is 0 Å². The van der Waals surface area contributed by atoms with Crippen molar-refractivity contribution in [1.82, 2.24) is 34.5 Å². The number of benzene rings is 2. The lowest BCUT2D eigenvalue weighted by molar-refractivity contribution is -0.153. The van der Waals surface area contributed by atoms with Crippen LogP contribution in [0.3, 0.4) is 0 Å². The molecule has 4 aromatic rings. The number of esters is 1. The summed E-state index contributed by atoms with van der Waals surface area (Å²) in [7, 11) is -6.24. The average Bonchev–Trinajstić information content (AvgIpc) is 1.46. The predicted octanol–water partition coefficient (Wildman–Crippen LogP) is 12.5. The van der Waals surface area contributed by atoms with E-state index in [2.05, 4.69) is 19.7 Å². The Bertz CT molecular complexity index is 4780. The third kappa shape index (κ3) is 16.6. The van der Waals surface area contributed by atoms with Gasteiger partial charge in [-0.3, -0.25) is 47.8 Å². The Kier molecular flexibility index (Phi) is 21.8. The number of alkyl halides is 3. The molecule has 112 heavy (non-hydrogen) atoms. The highest BCUT2D eigenvalue weighted by Gasteiger charge is 2.66. The second kappa shape index (κ2) is 30.3. The van der Waals surface area contributed by atoms with E-state index in [0.717, 1.165) is 79.6 Å². The van der Waals surface area contributed by atoms with Gasteiger partial charge in [-0.05, 0) is 179 Å². The molecule has 5 amide bonds. The lowest BCUT2D eigenvalue weighted by Crippen LogP contribution is -2.57. The molecule has 0 unspecified atom stereocenters. The van der Waals surface area contributed by atoms with Gasteiger partial charge in [0.1, 0.15) is 45.8 Å². The van der Waals surface area contributed by atoms with Crippen LogP contribution in [-0.4, -0.2) is 149 Å². The van der Waals surface area contributed by atoms with E-state index in [-0.39, 0.29) is 110 Å². The summed E-state index contributed by atoms with van der Waals surface area (Å²) in [6.07, 6.45) is 16.1. The van der Waals surface area contributed by atoms with Crippen LogP contribution in [0.5, 0.6) is 17.2 Å². The molecule has 6 aliphatic heterocycles. The molecule has 10 atom stereocenters. The summed E-state index contributed by atoms with van der Waals surface area (Å²) < 4.78 is 123. The maximum absolute atomic E-state index is 14.8. The van der Waals surface area contributed by atoms with Gasteiger partial charge in [-0.25, -0.2) is 26.8 Å². The predicted molar refractivity (Wildman–Crippen MR) is 410 cm³/mol. The number of allylic oxidation sites excluding steroid dienone is 3. The smallest absolute Gasteiger partial charge is 0.418 e. The minimum absolute atomic E-state index is 0.00426. The molecule has 28 heteroatoms. The molecule has 2 aromatic heterocycles. The summed E-state index contributed by atoms with van der Waals surface area (Å²) in [5, 5.41) is 3.63. The molecule has 7 fully saturated rings. The van der Waals surface area contributed by atoms with Crippen molar-refractivity contribution in [2.24, 2.45) is 34.5 Å². The van der Waals surface area contributed by atoms with E-state index >= 15 is 0 Å². The van der Waals surface area contributed by atoms with Crippen LogP contribution in [0.25, 0.3) is 21.8 Å². The van der Waals surface area contributed by atoms with Crippen molar-refractivity contribution in [2.75, 3.05) is 20.2 Å². The maximum Gasteiger partial charge on any atom is 0.418 e. The molecule has 2 aromatic carbocycles. The van der Waals surface area contributed by atoms with Crippen molar-refractivity contribution in [3.63, 3.8) is 0 Å². The van der Waals surface area contributed by atoms with Crippen LogP contribution in [0.4, 0.5) is 13.2 Å². The van der Waals surface area contributed by atoms with Gasteiger partial charge in [0.25, 0.3) is 5.91 Å². The number of hydrogen-bond donors (Lipinski definition) is 3. The number of hydrogen-bond acceptors (Lipinski definition) is 18. The van der Waals surface area contributed by atoms with Crippen LogP contribution in [0.15, 0.2) is 60.7 Å². The Morgan fingerprint density at radius 3 is 1.93 bits per heavy atom. The lowest BCUT2D eigenvalue weighted by atomic mass is 9.85. The van der Waals surface area contributed by atoms with Gasteiger partial charge < -0.3 is 34.1 Å².